The first-order valence-corrected chi connectivity index (χ1v) is 4.74. The Balaban J connectivity index is 2.50. The number of nitrogens with one attached hydrogen (secondary N) is 1. The zero-order valence-corrected chi connectivity index (χ0v) is 8.75. The molecule has 1 rings (SSSR count). The van der Waals surface area contributed by atoms with Crippen LogP contribution < -0.4 is 11.1 Å². The minimum atomic E-state index is -0.0958. The summed E-state index contributed by atoms with van der Waals surface area (Å²) in [7, 11) is 0. The first-order chi connectivity index (χ1) is 6.53. The van der Waals surface area contributed by atoms with E-state index in [-0.39, 0.29) is 12.0 Å². The highest BCUT2D eigenvalue weighted by molar-refractivity contribution is 5.51. The number of aliphatic hydroxyl groups is 1. The van der Waals surface area contributed by atoms with Gasteiger partial charge in [-0.1, -0.05) is 13.8 Å². The maximum Gasteiger partial charge on any atom is 0.0498 e. The van der Waals surface area contributed by atoms with Crippen molar-refractivity contribution in [1.29, 1.82) is 0 Å². The summed E-state index contributed by atoms with van der Waals surface area (Å²) in [6.07, 6.45) is 0. The second-order valence-electron chi connectivity index (χ2n) is 4.30. The van der Waals surface area contributed by atoms with Crippen molar-refractivity contribution in [2.24, 2.45) is 5.41 Å². The Morgan fingerprint density at radius 1 is 1.29 bits per heavy atom. The maximum absolute atomic E-state index is 9.06. The van der Waals surface area contributed by atoms with Crippen LogP contribution in [0, 0.1) is 5.41 Å². The molecule has 0 fully saturated rings. The molecule has 0 saturated heterocycles. The van der Waals surface area contributed by atoms with Crippen molar-refractivity contribution in [2.45, 2.75) is 13.8 Å². The Bertz CT molecular complexity index is 280. The van der Waals surface area contributed by atoms with Crippen LogP contribution in [0.2, 0.25) is 0 Å². The number of benzene rings is 1. The summed E-state index contributed by atoms with van der Waals surface area (Å²) in [4.78, 5) is 0. The van der Waals surface area contributed by atoms with Crippen LogP contribution in [0.15, 0.2) is 24.3 Å². The van der Waals surface area contributed by atoms with Crippen molar-refractivity contribution in [3.8, 4) is 0 Å². The lowest BCUT2D eigenvalue weighted by atomic mass is 9.95. The predicted molar refractivity (Wildman–Crippen MR) is 60.2 cm³/mol. The zero-order chi connectivity index (χ0) is 10.6. The van der Waals surface area contributed by atoms with E-state index in [0.29, 0.717) is 0 Å². The summed E-state index contributed by atoms with van der Waals surface area (Å²) in [5.74, 6) is 0. The quantitative estimate of drug-likeness (QED) is 0.639. The number of hydrogen-bond donors (Lipinski definition) is 3. The second-order valence-corrected chi connectivity index (χ2v) is 4.30. The van der Waals surface area contributed by atoms with E-state index in [4.69, 9.17) is 10.8 Å². The molecule has 3 heteroatoms. The van der Waals surface area contributed by atoms with Crippen molar-refractivity contribution in [1.82, 2.24) is 0 Å². The van der Waals surface area contributed by atoms with Crippen LogP contribution in [-0.2, 0) is 0 Å². The van der Waals surface area contributed by atoms with Gasteiger partial charge in [0.25, 0.3) is 0 Å². The van der Waals surface area contributed by atoms with Gasteiger partial charge in [-0.3, -0.25) is 0 Å². The predicted octanol–water partition coefficient (Wildman–Crippen LogP) is 1.70. The molecule has 0 aliphatic heterocycles. The highest BCUT2D eigenvalue weighted by Crippen LogP contribution is 2.16. The van der Waals surface area contributed by atoms with Crippen LogP contribution in [0.5, 0.6) is 0 Å². The fourth-order valence-electron chi connectivity index (χ4n) is 0.998. The molecule has 0 heterocycles. The van der Waals surface area contributed by atoms with Gasteiger partial charge in [-0.25, -0.2) is 0 Å². The molecule has 0 aliphatic rings. The molecule has 0 spiro atoms. The molecule has 14 heavy (non-hydrogen) atoms. The van der Waals surface area contributed by atoms with E-state index < -0.39 is 0 Å². The molecule has 3 nitrogen and oxygen atoms in total. The van der Waals surface area contributed by atoms with Crippen LogP contribution in [-0.4, -0.2) is 18.3 Å². The van der Waals surface area contributed by atoms with Gasteiger partial charge in [-0.05, 0) is 24.3 Å². The SMILES string of the molecule is CC(C)(CO)CNc1ccc(N)cc1. The highest BCUT2D eigenvalue weighted by atomic mass is 16.3. The van der Waals surface area contributed by atoms with Crippen molar-refractivity contribution in [3.63, 3.8) is 0 Å². The van der Waals surface area contributed by atoms with Gasteiger partial charge in [0.1, 0.15) is 0 Å². The normalized spacial score (nSPS) is 11.4. The molecule has 0 atom stereocenters. The summed E-state index contributed by atoms with van der Waals surface area (Å²) in [5, 5.41) is 12.3. The van der Waals surface area contributed by atoms with Gasteiger partial charge in [0.2, 0.25) is 0 Å². The average molecular weight is 194 g/mol. The molecule has 1 aromatic carbocycles. The van der Waals surface area contributed by atoms with Gasteiger partial charge in [0, 0.05) is 29.9 Å². The monoisotopic (exact) mass is 194 g/mol. The number of aliphatic hydroxyl groups excluding tert-OH is 1. The molecule has 0 aromatic heterocycles. The van der Waals surface area contributed by atoms with E-state index in [9.17, 15) is 0 Å². The van der Waals surface area contributed by atoms with Crippen LogP contribution in [0.1, 0.15) is 13.8 Å². The zero-order valence-electron chi connectivity index (χ0n) is 8.75. The minimum Gasteiger partial charge on any atom is -0.399 e. The number of anilines is 2. The second kappa shape index (κ2) is 4.33. The average Bonchev–Trinajstić information content (AvgIpc) is 2.17. The Hall–Kier alpha value is -1.22. The first kappa shape index (κ1) is 10.9. The van der Waals surface area contributed by atoms with Crippen molar-refractivity contribution >= 4 is 11.4 Å². The van der Waals surface area contributed by atoms with E-state index in [1.54, 1.807) is 0 Å². The summed E-state index contributed by atoms with van der Waals surface area (Å²) in [6, 6.07) is 7.58. The first-order valence-electron chi connectivity index (χ1n) is 4.74. The lowest BCUT2D eigenvalue weighted by Crippen LogP contribution is -2.26. The summed E-state index contributed by atoms with van der Waals surface area (Å²) in [6.45, 7) is 4.94. The third kappa shape index (κ3) is 3.26. The van der Waals surface area contributed by atoms with Gasteiger partial charge in [-0.2, -0.15) is 0 Å². The van der Waals surface area contributed by atoms with Gasteiger partial charge < -0.3 is 16.2 Å². The lowest BCUT2D eigenvalue weighted by Gasteiger charge is -2.22. The molecule has 78 valence electrons. The number of rotatable bonds is 4. The van der Waals surface area contributed by atoms with E-state index in [0.717, 1.165) is 17.9 Å². The number of nitrogen functional groups attached to an aromatic ring is 1. The molecule has 0 bridgehead atoms. The smallest absolute Gasteiger partial charge is 0.0498 e. The summed E-state index contributed by atoms with van der Waals surface area (Å²) >= 11 is 0. The fraction of sp³-hybridized carbons (Fsp3) is 0.455. The van der Waals surface area contributed by atoms with E-state index >= 15 is 0 Å². The van der Waals surface area contributed by atoms with Crippen molar-refractivity contribution < 1.29 is 5.11 Å². The molecular formula is C11H18N2O. The van der Waals surface area contributed by atoms with Crippen LogP contribution >= 0.6 is 0 Å². The third-order valence-corrected chi connectivity index (χ3v) is 2.11. The molecule has 1 aromatic rings. The van der Waals surface area contributed by atoms with Gasteiger partial charge >= 0.3 is 0 Å². The van der Waals surface area contributed by atoms with Gasteiger partial charge in [0.05, 0.1) is 0 Å². The minimum absolute atomic E-state index is 0.0958. The summed E-state index contributed by atoms with van der Waals surface area (Å²) < 4.78 is 0. The molecule has 4 N–H and O–H groups in total. The summed E-state index contributed by atoms with van der Waals surface area (Å²) in [5.41, 5.74) is 7.26. The topological polar surface area (TPSA) is 58.3 Å². The Kier molecular flexibility index (Phi) is 3.36. The maximum atomic E-state index is 9.06. The van der Waals surface area contributed by atoms with Crippen LogP contribution in [0.4, 0.5) is 11.4 Å². The fourth-order valence-corrected chi connectivity index (χ4v) is 0.998. The molecule has 0 unspecified atom stereocenters. The largest absolute Gasteiger partial charge is 0.399 e. The molecule has 0 radical (unpaired) electrons. The Morgan fingerprint density at radius 2 is 1.86 bits per heavy atom. The molecule has 0 aliphatic carbocycles. The van der Waals surface area contributed by atoms with E-state index in [1.807, 2.05) is 38.1 Å². The standard InChI is InChI=1S/C11H18N2O/c1-11(2,8-14)7-13-10-5-3-9(12)4-6-10/h3-6,13-14H,7-8,12H2,1-2H3. The van der Waals surface area contributed by atoms with E-state index in [1.165, 1.54) is 0 Å². The highest BCUT2D eigenvalue weighted by Gasteiger charge is 2.15. The van der Waals surface area contributed by atoms with Crippen LogP contribution in [0.25, 0.3) is 0 Å². The lowest BCUT2D eigenvalue weighted by molar-refractivity contribution is 0.171. The Morgan fingerprint density at radius 3 is 2.36 bits per heavy atom. The van der Waals surface area contributed by atoms with Crippen molar-refractivity contribution in [3.05, 3.63) is 24.3 Å². The van der Waals surface area contributed by atoms with Gasteiger partial charge in [0.15, 0.2) is 0 Å². The van der Waals surface area contributed by atoms with E-state index in [2.05, 4.69) is 5.32 Å². The van der Waals surface area contributed by atoms with Gasteiger partial charge in [-0.15, -0.1) is 0 Å². The number of hydrogen-bond acceptors (Lipinski definition) is 3. The van der Waals surface area contributed by atoms with Crippen molar-refractivity contribution in [2.75, 3.05) is 24.2 Å². The third-order valence-electron chi connectivity index (χ3n) is 2.11. The molecule has 0 amide bonds. The number of nitrogens with two attached hydrogens (primary N) is 1. The molecular weight excluding hydrogens is 176 g/mol. The molecule has 0 saturated carbocycles. The van der Waals surface area contributed by atoms with Crippen LogP contribution in [0.3, 0.4) is 0 Å². The Labute approximate surface area is 84.9 Å².